The number of rotatable bonds is 6. The van der Waals surface area contributed by atoms with E-state index in [4.69, 9.17) is 13.9 Å². The molecule has 1 heterocycles. The van der Waals surface area contributed by atoms with Crippen LogP contribution < -0.4 is 20.2 Å². The minimum Gasteiger partial charge on any atom is -0.495 e. The Labute approximate surface area is 179 Å². The molecule has 1 aromatic heterocycles. The monoisotopic (exact) mass is 415 g/mol. The molecule has 0 aliphatic carbocycles. The lowest BCUT2D eigenvalue weighted by Crippen LogP contribution is -2.20. The van der Waals surface area contributed by atoms with Gasteiger partial charge in [-0.15, -0.1) is 0 Å². The molecule has 0 spiro atoms. The maximum atomic E-state index is 12.6. The van der Waals surface area contributed by atoms with Crippen LogP contribution in [0, 0.1) is 6.92 Å². The molecule has 0 saturated heterocycles. The number of hydrogen-bond acceptors (Lipinski definition) is 5. The van der Waals surface area contributed by atoms with E-state index < -0.39 is 0 Å². The molecule has 1 amide bonds. The number of carbonyl (C=O) groups excluding carboxylic acids is 1. The average Bonchev–Trinajstić information content (AvgIpc) is 2.78. The van der Waals surface area contributed by atoms with E-state index in [1.807, 2.05) is 37.3 Å². The quantitative estimate of drug-likeness (QED) is 0.490. The van der Waals surface area contributed by atoms with Crippen molar-refractivity contribution in [3.63, 3.8) is 0 Å². The molecule has 4 rings (SSSR count). The summed E-state index contributed by atoms with van der Waals surface area (Å²) in [6, 6.07) is 21.2. The van der Waals surface area contributed by atoms with Gasteiger partial charge in [-0.25, -0.2) is 0 Å². The number of anilines is 1. The molecule has 1 N–H and O–H groups in total. The number of hydrogen-bond donors (Lipinski definition) is 1. The summed E-state index contributed by atoms with van der Waals surface area (Å²) in [6.07, 6.45) is 0. The summed E-state index contributed by atoms with van der Waals surface area (Å²) in [5.41, 5.74) is 2.79. The average molecular weight is 415 g/mol. The van der Waals surface area contributed by atoms with E-state index in [0.717, 1.165) is 11.1 Å². The largest absolute Gasteiger partial charge is 0.495 e. The van der Waals surface area contributed by atoms with Gasteiger partial charge in [0.05, 0.1) is 18.2 Å². The molecule has 6 heteroatoms. The standard InChI is InChI=1S/C25H21NO5/c1-16-7-9-17(10-8-16)24-14-21(27)19-13-18(11-12-22(19)31-24)30-15-25(28)26-20-5-3-4-6-23(20)29-2/h3-14H,15H2,1-2H3,(H,26,28). The summed E-state index contributed by atoms with van der Waals surface area (Å²) in [7, 11) is 1.53. The van der Waals surface area contributed by atoms with Crippen LogP contribution >= 0.6 is 0 Å². The van der Waals surface area contributed by atoms with Crippen molar-refractivity contribution in [1.29, 1.82) is 0 Å². The minimum atomic E-state index is -0.341. The fourth-order valence-electron chi connectivity index (χ4n) is 3.17. The second-order valence-electron chi connectivity index (χ2n) is 7.04. The summed E-state index contributed by atoms with van der Waals surface area (Å²) >= 11 is 0. The SMILES string of the molecule is COc1ccccc1NC(=O)COc1ccc2oc(-c3ccc(C)cc3)cc(=O)c2c1. The fraction of sp³-hybridized carbons (Fsp3) is 0.120. The second kappa shape index (κ2) is 8.75. The molecule has 0 unspecified atom stereocenters. The highest BCUT2D eigenvalue weighted by Crippen LogP contribution is 2.25. The Kier molecular flexibility index (Phi) is 5.71. The number of carbonyl (C=O) groups is 1. The Morgan fingerprint density at radius 3 is 2.55 bits per heavy atom. The van der Waals surface area contributed by atoms with Crippen LogP contribution in [0.5, 0.6) is 11.5 Å². The van der Waals surface area contributed by atoms with Crippen LogP contribution in [0.15, 0.2) is 82.0 Å². The van der Waals surface area contributed by atoms with E-state index in [-0.39, 0.29) is 17.9 Å². The Hall–Kier alpha value is -4.06. The van der Waals surface area contributed by atoms with E-state index in [1.54, 1.807) is 36.4 Å². The van der Waals surface area contributed by atoms with Crippen molar-refractivity contribution in [2.45, 2.75) is 6.92 Å². The highest BCUT2D eigenvalue weighted by atomic mass is 16.5. The number of fused-ring (bicyclic) bond motifs is 1. The normalized spacial score (nSPS) is 10.6. The van der Waals surface area contributed by atoms with Crippen molar-refractivity contribution in [1.82, 2.24) is 0 Å². The van der Waals surface area contributed by atoms with Crippen LogP contribution in [-0.2, 0) is 4.79 Å². The first-order valence-electron chi connectivity index (χ1n) is 9.74. The summed E-state index contributed by atoms with van der Waals surface area (Å²) in [6.45, 7) is 1.79. The van der Waals surface area contributed by atoms with Crippen molar-refractivity contribution in [3.05, 3.63) is 88.6 Å². The second-order valence-corrected chi connectivity index (χ2v) is 7.04. The smallest absolute Gasteiger partial charge is 0.262 e. The fourth-order valence-corrected chi connectivity index (χ4v) is 3.17. The summed E-state index contributed by atoms with van der Waals surface area (Å²) < 4.78 is 16.7. The Balaban J connectivity index is 1.49. The topological polar surface area (TPSA) is 77.8 Å². The van der Waals surface area contributed by atoms with Crippen LogP contribution in [0.4, 0.5) is 5.69 Å². The van der Waals surface area contributed by atoms with Crippen molar-refractivity contribution in [3.8, 4) is 22.8 Å². The Morgan fingerprint density at radius 1 is 1.00 bits per heavy atom. The third kappa shape index (κ3) is 4.59. The summed E-state index contributed by atoms with van der Waals surface area (Å²) in [5, 5.41) is 3.13. The number of aryl methyl sites for hydroxylation is 1. The molecule has 0 atom stereocenters. The van der Waals surface area contributed by atoms with Gasteiger partial charge in [0.1, 0.15) is 22.8 Å². The number of nitrogens with one attached hydrogen (secondary N) is 1. The van der Waals surface area contributed by atoms with E-state index in [1.165, 1.54) is 13.2 Å². The lowest BCUT2D eigenvalue weighted by molar-refractivity contribution is -0.118. The molecule has 0 bridgehead atoms. The van der Waals surface area contributed by atoms with Crippen LogP contribution in [0.2, 0.25) is 0 Å². The highest BCUT2D eigenvalue weighted by molar-refractivity contribution is 5.93. The molecule has 31 heavy (non-hydrogen) atoms. The molecule has 6 nitrogen and oxygen atoms in total. The van der Waals surface area contributed by atoms with E-state index in [0.29, 0.717) is 33.9 Å². The van der Waals surface area contributed by atoms with Crippen LogP contribution in [0.25, 0.3) is 22.3 Å². The van der Waals surface area contributed by atoms with Crippen LogP contribution in [0.1, 0.15) is 5.56 Å². The first-order chi connectivity index (χ1) is 15.0. The number of benzene rings is 3. The molecule has 0 fully saturated rings. The molecule has 0 aliphatic rings. The van der Waals surface area contributed by atoms with E-state index in [2.05, 4.69) is 5.32 Å². The maximum Gasteiger partial charge on any atom is 0.262 e. The van der Waals surface area contributed by atoms with E-state index >= 15 is 0 Å². The van der Waals surface area contributed by atoms with E-state index in [9.17, 15) is 9.59 Å². The number of methoxy groups -OCH3 is 1. The van der Waals surface area contributed by atoms with Crippen molar-refractivity contribution in [2.75, 3.05) is 19.0 Å². The van der Waals surface area contributed by atoms with Gasteiger partial charge in [0.15, 0.2) is 12.0 Å². The predicted molar refractivity (Wildman–Crippen MR) is 120 cm³/mol. The molecular weight excluding hydrogens is 394 g/mol. The first kappa shape index (κ1) is 20.2. The van der Waals surface area contributed by atoms with Crippen molar-refractivity contribution in [2.24, 2.45) is 0 Å². The van der Waals surface area contributed by atoms with Gasteiger partial charge in [0.25, 0.3) is 5.91 Å². The van der Waals surface area contributed by atoms with Crippen molar-refractivity contribution >= 4 is 22.6 Å². The zero-order chi connectivity index (χ0) is 21.8. The lowest BCUT2D eigenvalue weighted by Gasteiger charge is -2.11. The molecule has 4 aromatic rings. The minimum absolute atomic E-state index is 0.180. The lowest BCUT2D eigenvalue weighted by atomic mass is 10.1. The number of amides is 1. The van der Waals surface area contributed by atoms with Gasteiger partial charge < -0.3 is 19.2 Å². The first-order valence-corrected chi connectivity index (χ1v) is 9.74. The predicted octanol–water partition coefficient (Wildman–Crippen LogP) is 4.79. The summed E-state index contributed by atoms with van der Waals surface area (Å²) in [5.74, 6) is 1.12. The van der Waals surface area contributed by atoms with Gasteiger partial charge in [0, 0.05) is 11.6 Å². The third-order valence-electron chi connectivity index (χ3n) is 4.79. The van der Waals surface area contributed by atoms with Gasteiger partial charge in [-0.2, -0.15) is 0 Å². The Morgan fingerprint density at radius 2 is 1.77 bits per heavy atom. The molecule has 156 valence electrons. The molecule has 0 saturated carbocycles. The van der Waals surface area contributed by atoms with Gasteiger partial charge in [-0.1, -0.05) is 42.0 Å². The zero-order valence-electron chi connectivity index (χ0n) is 17.2. The van der Waals surface area contributed by atoms with Crippen LogP contribution in [-0.4, -0.2) is 19.6 Å². The highest BCUT2D eigenvalue weighted by Gasteiger charge is 2.11. The van der Waals surface area contributed by atoms with Crippen molar-refractivity contribution < 1.29 is 18.7 Å². The van der Waals surface area contributed by atoms with Gasteiger partial charge in [-0.05, 0) is 37.3 Å². The van der Waals surface area contributed by atoms with Gasteiger partial charge >= 0.3 is 0 Å². The summed E-state index contributed by atoms with van der Waals surface area (Å²) in [4.78, 5) is 24.9. The van der Waals surface area contributed by atoms with Gasteiger partial charge in [-0.3, -0.25) is 9.59 Å². The molecule has 0 radical (unpaired) electrons. The van der Waals surface area contributed by atoms with Crippen LogP contribution in [0.3, 0.4) is 0 Å². The number of para-hydroxylation sites is 2. The third-order valence-corrected chi connectivity index (χ3v) is 4.79. The Bertz CT molecular complexity index is 1290. The molecule has 3 aromatic carbocycles. The zero-order valence-corrected chi connectivity index (χ0v) is 17.2. The molecular formula is C25H21NO5. The number of ether oxygens (including phenoxy) is 2. The molecule has 0 aliphatic heterocycles. The maximum absolute atomic E-state index is 12.6. The van der Waals surface area contributed by atoms with Gasteiger partial charge in [0.2, 0.25) is 0 Å².